The van der Waals surface area contributed by atoms with Crippen LogP contribution in [0.25, 0.3) is 0 Å². The largest absolute Gasteiger partial charge is 0.496 e. The third-order valence-electron chi connectivity index (χ3n) is 5.58. The molecule has 1 amide bonds. The summed E-state index contributed by atoms with van der Waals surface area (Å²) in [6, 6.07) is 21.5. The van der Waals surface area contributed by atoms with Gasteiger partial charge in [-0.2, -0.15) is 0 Å². The lowest BCUT2D eigenvalue weighted by Crippen LogP contribution is -2.42. The van der Waals surface area contributed by atoms with Gasteiger partial charge in [0.1, 0.15) is 5.75 Å². The number of hydrogen-bond donors (Lipinski definition) is 1. The van der Waals surface area contributed by atoms with Crippen molar-refractivity contribution < 1.29 is 19.4 Å². The maximum absolute atomic E-state index is 13.4. The standard InChI is InChI=1S/C25H22ClNO4/c1-31-23-10-6-5-9-19(23)22(28)16-25(30)20-15-18(26)11-12-21(20)27(24(25)29)14-13-17-7-3-2-4-8-17/h2-12,15,30H,13-14,16H2,1H3. The number of aliphatic hydroxyl groups is 1. The van der Waals surface area contributed by atoms with Crippen molar-refractivity contribution in [2.75, 3.05) is 18.6 Å². The fourth-order valence-electron chi connectivity index (χ4n) is 4.00. The van der Waals surface area contributed by atoms with E-state index < -0.39 is 17.9 Å². The Bertz CT molecular complexity index is 1130. The Morgan fingerprint density at radius 1 is 1.06 bits per heavy atom. The van der Waals surface area contributed by atoms with Crippen LogP contribution < -0.4 is 9.64 Å². The lowest BCUT2D eigenvalue weighted by atomic mass is 9.88. The average molecular weight is 436 g/mol. The summed E-state index contributed by atoms with van der Waals surface area (Å²) < 4.78 is 5.27. The molecule has 3 aromatic carbocycles. The van der Waals surface area contributed by atoms with Gasteiger partial charge in [0.15, 0.2) is 11.4 Å². The molecule has 0 fully saturated rings. The van der Waals surface area contributed by atoms with E-state index in [1.54, 1.807) is 42.5 Å². The first kappa shape index (κ1) is 21.1. The fraction of sp³-hybridized carbons (Fsp3) is 0.200. The quantitative estimate of drug-likeness (QED) is 0.558. The first-order chi connectivity index (χ1) is 14.9. The summed E-state index contributed by atoms with van der Waals surface area (Å²) in [6.45, 7) is 0.378. The number of ether oxygens (including phenoxy) is 1. The van der Waals surface area contributed by atoms with Crippen LogP contribution in [0.4, 0.5) is 5.69 Å². The highest BCUT2D eigenvalue weighted by Gasteiger charge is 2.51. The van der Waals surface area contributed by atoms with Crippen molar-refractivity contribution in [2.45, 2.75) is 18.4 Å². The van der Waals surface area contributed by atoms with Gasteiger partial charge in [0.05, 0.1) is 24.8 Å². The van der Waals surface area contributed by atoms with Crippen molar-refractivity contribution in [3.63, 3.8) is 0 Å². The van der Waals surface area contributed by atoms with Crippen molar-refractivity contribution in [3.05, 3.63) is 94.5 Å². The first-order valence-electron chi connectivity index (χ1n) is 9.98. The molecule has 5 nitrogen and oxygen atoms in total. The van der Waals surface area contributed by atoms with Crippen LogP contribution >= 0.6 is 11.6 Å². The summed E-state index contributed by atoms with van der Waals surface area (Å²) in [5.74, 6) is -0.512. The maximum Gasteiger partial charge on any atom is 0.264 e. The number of anilines is 1. The summed E-state index contributed by atoms with van der Waals surface area (Å²) in [6.07, 6.45) is 0.215. The molecule has 4 rings (SSSR count). The number of benzene rings is 3. The van der Waals surface area contributed by atoms with Gasteiger partial charge in [-0.1, -0.05) is 54.1 Å². The van der Waals surface area contributed by atoms with Crippen molar-refractivity contribution in [1.29, 1.82) is 0 Å². The number of ketones is 1. The van der Waals surface area contributed by atoms with E-state index >= 15 is 0 Å². The SMILES string of the molecule is COc1ccccc1C(=O)CC1(O)C(=O)N(CCc2ccccc2)c2ccc(Cl)cc21. The van der Waals surface area contributed by atoms with Crippen LogP contribution in [0.2, 0.25) is 5.02 Å². The second-order valence-corrected chi connectivity index (χ2v) is 7.95. The smallest absolute Gasteiger partial charge is 0.264 e. The van der Waals surface area contributed by atoms with Crippen LogP contribution in [0.5, 0.6) is 5.75 Å². The second-order valence-electron chi connectivity index (χ2n) is 7.51. The minimum absolute atomic E-state index is 0.317. The monoisotopic (exact) mass is 435 g/mol. The number of halogens is 1. The zero-order valence-electron chi connectivity index (χ0n) is 17.0. The minimum Gasteiger partial charge on any atom is -0.496 e. The molecule has 0 saturated heterocycles. The van der Waals surface area contributed by atoms with Crippen molar-refractivity contribution in [2.24, 2.45) is 0 Å². The van der Waals surface area contributed by atoms with Crippen LogP contribution in [0, 0.1) is 0 Å². The molecule has 158 valence electrons. The van der Waals surface area contributed by atoms with Gasteiger partial charge >= 0.3 is 0 Å². The van der Waals surface area contributed by atoms with E-state index in [0.717, 1.165) is 5.56 Å². The number of fused-ring (bicyclic) bond motifs is 1. The Morgan fingerprint density at radius 2 is 1.77 bits per heavy atom. The van der Waals surface area contributed by atoms with Gasteiger partial charge in [-0.15, -0.1) is 0 Å². The molecule has 1 aliphatic heterocycles. The number of amides is 1. The Balaban J connectivity index is 1.66. The molecular weight excluding hydrogens is 414 g/mol. The Morgan fingerprint density at radius 3 is 2.52 bits per heavy atom. The number of carbonyl (C=O) groups is 2. The predicted molar refractivity (Wildman–Crippen MR) is 120 cm³/mol. The van der Waals surface area contributed by atoms with E-state index in [0.29, 0.717) is 40.6 Å². The molecule has 31 heavy (non-hydrogen) atoms. The van der Waals surface area contributed by atoms with Crippen LogP contribution in [-0.2, 0) is 16.8 Å². The number of Topliss-reactive ketones (excluding diaryl/α,β-unsaturated/α-hetero) is 1. The summed E-state index contributed by atoms with van der Waals surface area (Å²) in [4.78, 5) is 28.0. The first-order valence-corrected chi connectivity index (χ1v) is 10.4. The molecule has 0 bridgehead atoms. The molecule has 0 aliphatic carbocycles. The molecule has 6 heteroatoms. The highest BCUT2D eigenvalue weighted by Crippen LogP contribution is 2.44. The molecule has 1 atom stereocenters. The van der Waals surface area contributed by atoms with Crippen LogP contribution in [0.3, 0.4) is 0 Å². The molecule has 1 aliphatic rings. The van der Waals surface area contributed by atoms with E-state index in [1.165, 1.54) is 12.0 Å². The molecule has 0 aromatic heterocycles. The molecular formula is C25H22ClNO4. The van der Waals surface area contributed by atoms with Gasteiger partial charge in [0, 0.05) is 17.1 Å². The third kappa shape index (κ3) is 3.94. The number of nitrogens with zero attached hydrogens (tertiary/aromatic N) is 1. The van der Waals surface area contributed by atoms with Crippen molar-refractivity contribution >= 4 is 29.0 Å². The van der Waals surface area contributed by atoms with E-state index in [1.807, 2.05) is 30.3 Å². The van der Waals surface area contributed by atoms with Crippen molar-refractivity contribution in [3.8, 4) is 5.75 Å². The second kappa shape index (κ2) is 8.53. The third-order valence-corrected chi connectivity index (χ3v) is 5.82. The molecule has 0 saturated carbocycles. The lowest BCUT2D eigenvalue weighted by Gasteiger charge is -2.23. The van der Waals surface area contributed by atoms with Gasteiger partial charge in [-0.3, -0.25) is 9.59 Å². The van der Waals surface area contributed by atoms with E-state index in [9.17, 15) is 14.7 Å². The molecule has 3 aromatic rings. The molecule has 1 N–H and O–H groups in total. The normalized spacial score (nSPS) is 17.5. The summed E-state index contributed by atoms with van der Waals surface area (Å²) >= 11 is 6.17. The van der Waals surface area contributed by atoms with Gasteiger partial charge in [0.25, 0.3) is 5.91 Å². The van der Waals surface area contributed by atoms with Gasteiger partial charge in [-0.05, 0) is 42.3 Å². The molecule has 0 spiro atoms. The predicted octanol–water partition coefficient (Wildman–Crippen LogP) is 4.40. The highest BCUT2D eigenvalue weighted by molar-refractivity contribution is 6.31. The number of hydrogen-bond acceptors (Lipinski definition) is 4. The highest BCUT2D eigenvalue weighted by atomic mass is 35.5. The average Bonchev–Trinajstić information content (AvgIpc) is 2.99. The van der Waals surface area contributed by atoms with Crippen LogP contribution in [-0.4, -0.2) is 30.5 Å². The molecule has 1 unspecified atom stereocenters. The van der Waals surface area contributed by atoms with E-state index in [4.69, 9.17) is 16.3 Å². The number of methoxy groups -OCH3 is 1. The Kier molecular flexibility index (Phi) is 5.81. The maximum atomic E-state index is 13.4. The topological polar surface area (TPSA) is 66.8 Å². The lowest BCUT2D eigenvalue weighted by molar-refractivity contribution is -0.135. The van der Waals surface area contributed by atoms with Crippen LogP contribution in [0.1, 0.15) is 27.9 Å². The Labute approximate surface area is 185 Å². The zero-order chi connectivity index (χ0) is 22.0. The van der Waals surface area contributed by atoms with Gasteiger partial charge in [0.2, 0.25) is 0 Å². The molecule has 1 heterocycles. The number of carbonyl (C=O) groups excluding carboxylic acids is 2. The van der Waals surface area contributed by atoms with Crippen molar-refractivity contribution in [1.82, 2.24) is 0 Å². The van der Waals surface area contributed by atoms with Gasteiger partial charge < -0.3 is 14.7 Å². The zero-order valence-corrected chi connectivity index (χ0v) is 17.8. The van der Waals surface area contributed by atoms with Gasteiger partial charge in [-0.25, -0.2) is 0 Å². The fourth-order valence-corrected chi connectivity index (χ4v) is 4.18. The van der Waals surface area contributed by atoms with E-state index in [-0.39, 0.29) is 5.78 Å². The minimum atomic E-state index is -1.99. The number of rotatable bonds is 7. The summed E-state index contributed by atoms with van der Waals surface area (Å²) in [5, 5.41) is 11.9. The molecule has 0 radical (unpaired) electrons. The Hall–Kier alpha value is -3.15. The van der Waals surface area contributed by atoms with Crippen LogP contribution in [0.15, 0.2) is 72.8 Å². The number of para-hydroxylation sites is 1. The summed E-state index contributed by atoms with van der Waals surface area (Å²) in [5.41, 5.74) is 0.320. The van der Waals surface area contributed by atoms with E-state index in [2.05, 4.69) is 0 Å². The summed E-state index contributed by atoms with van der Waals surface area (Å²) in [7, 11) is 1.47.